The molecule has 0 saturated heterocycles. The average molecular weight is 279 g/mol. The fraction of sp³-hybridized carbons (Fsp3) is 0.467. The number of carbonyl (C=O) groups excluding carboxylic acids is 2. The van der Waals surface area contributed by atoms with Gasteiger partial charge in [0.2, 0.25) is 0 Å². The Morgan fingerprint density at radius 1 is 1.30 bits per heavy atom. The number of aryl methyl sites for hydroxylation is 1. The zero-order valence-corrected chi connectivity index (χ0v) is 12.1. The maximum atomic E-state index is 12.2. The zero-order valence-electron chi connectivity index (χ0n) is 12.1. The van der Waals surface area contributed by atoms with Crippen molar-refractivity contribution in [3.63, 3.8) is 0 Å². The molecule has 0 heterocycles. The van der Waals surface area contributed by atoms with E-state index in [9.17, 15) is 9.59 Å². The summed E-state index contributed by atoms with van der Waals surface area (Å²) < 4.78 is 10.2. The van der Waals surface area contributed by atoms with Gasteiger partial charge in [-0.1, -0.05) is 25.5 Å². The summed E-state index contributed by atoms with van der Waals surface area (Å²) in [7, 11) is 0. The topological polar surface area (TPSA) is 78.6 Å². The van der Waals surface area contributed by atoms with Crippen LogP contribution in [0, 0.1) is 6.92 Å². The lowest BCUT2D eigenvalue weighted by Crippen LogP contribution is -2.29. The van der Waals surface area contributed by atoms with E-state index in [1.54, 1.807) is 32.0 Å². The summed E-state index contributed by atoms with van der Waals surface area (Å²) in [6, 6.07) is 5.16. The third kappa shape index (κ3) is 3.98. The van der Waals surface area contributed by atoms with Crippen LogP contribution < -0.4 is 5.73 Å². The molecular weight excluding hydrogens is 258 g/mol. The highest BCUT2D eigenvalue weighted by molar-refractivity contribution is 5.97. The summed E-state index contributed by atoms with van der Waals surface area (Å²) in [5.41, 5.74) is 7.15. The Bertz CT molecular complexity index is 465. The largest absolute Gasteiger partial charge is 0.463 e. The highest BCUT2D eigenvalue weighted by Gasteiger charge is 2.25. The monoisotopic (exact) mass is 279 g/mol. The summed E-state index contributed by atoms with van der Waals surface area (Å²) in [5, 5.41) is 0. The number of nitrogens with two attached hydrogens (primary N) is 1. The highest BCUT2D eigenvalue weighted by Crippen LogP contribution is 2.19. The Labute approximate surface area is 119 Å². The van der Waals surface area contributed by atoms with E-state index in [0.717, 1.165) is 0 Å². The Morgan fingerprint density at radius 2 is 2.00 bits per heavy atom. The molecule has 0 aliphatic carbocycles. The molecule has 0 aliphatic heterocycles. The van der Waals surface area contributed by atoms with Crippen molar-refractivity contribution in [1.29, 1.82) is 0 Å². The van der Waals surface area contributed by atoms with Crippen LogP contribution in [0.5, 0.6) is 0 Å². The quantitative estimate of drug-likeness (QED) is 0.639. The molecule has 0 amide bonds. The molecule has 0 bridgehead atoms. The number of carbonyl (C=O) groups is 2. The molecule has 5 heteroatoms. The lowest BCUT2D eigenvalue weighted by Gasteiger charge is -2.17. The van der Waals surface area contributed by atoms with Gasteiger partial charge in [-0.25, -0.2) is 9.59 Å². The molecule has 0 spiro atoms. The number of esters is 2. The first-order valence-corrected chi connectivity index (χ1v) is 6.73. The summed E-state index contributed by atoms with van der Waals surface area (Å²) in [5.74, 6) is -1.11. The predicted octanol–water partition coefficient (Wildman–Crippen LogP) is 2.47. The second kappa shape index (κ2) is 7.53. The normalized spacial score (nSPS) is 11.8. The second-order valence-electron chi connectivity index (χ2n) is 4.47. The SMILES string of the molecule is CCCC(OC(=O)c1c(C)cccc1N)C(=O)OCC. The first kappa shape index (κ1) is 16.0. The van der Waals surface area contributed by atoms with E-state index in [0.29, 0.717) is 29.7 Å². The van der Waals surface area contributed by atoms with E-state index < -0.39 is 18.0 Å². The van der Waals surface area contributed by atoms with Crippen LogP contribution in [-0.2, 0) is 14.3 Å². The van der Waals surface area contributed by atoms with Crippen LogP contribution in [0.15, 0.2) is 18.2 Å². The van der Waals surface area contributed by atoms with Crippen LogP contribution in [0.2, 0.25) is 0 Å². The van der Waals surface area contributed by atoms with Crippen LogP contribution in [0.1, 0.15) is 42.6 Å². The fourth-order valence-electron chi connectivity index (χ4n) is 1.88. The molecule has 0 aliphatic rings. The number of hydrogen-bond donors (Lipinski definition) is 1. The standard InChI is InChI=1S/C15H21NO4/c1-4-7-12(14(17)19-5-2)20-15(18)13-10(3)8-6-9-11(13)16/h6,8-9,12H,4-5,7,16H2,1-3H3. The van der Waals surface area contributed by atoms with Crippen LogP contribution >= 0.6 is 0 Å². The summed E-state index contributed by atoms with van der Waals surface area (Å²) in [6.07, 6.45) is 0.252. The minimum atomic E-state index is -0.883. The van der Waals surface area contributed by atoms with Crippen LogP contribution in [0.4, 0.5) is 5.69 Å². The van der Waals surface area contributed by atoms with Crippen LogP contribution in [0.3, 0.4) is 0 Å². The van der Waals surface area contributed by atoms with Crippen molar-refractivity contribution in [2.75, 3.05) is 12.3 Å². The first-order chi connectivity index (χ1) is 9.51. The minimum Gasteiger partial charge on any atom is -0.463 e. The van der Waals surface area contributed by atoms with E-state index in [1.807, 2.05) is 6.92 Å². The zero-order chi connectivity index (χ0) is 15.1. The van der Waals surface area contributed by atoms with Crippen molar-refractivity contribution in [2.24, 2.45) is 0 Å². The van der Waals surface area contributed by atoms with E-state index in [4.69, 9.17) is 15.2 Å². The van der Waals surface area contributed by atoms with E-state index in [1.165, 1.54) is 0 Å². The van der Waals surface area contributed by atoms with Gasteiger partial charge in [0.15, 0.2) is 6.10 Å². The van der Waals surface area contributed by atoms with Crippen molar-refractivity contribution < 1.29 is 19.1 Å². The van der Waals surface area contributed by atoms with Gasteiger partial charge in [-0.2, -0.15) is 0 Å². The third-order valence-electron chi connectivity index (χ3n) is 2.86. The van der Waals surface area contributed by atoms with Crippen molar-refractivity contribution in [3.8, 4) is 0 Å². The molecule has 1 aromatic rings. The second-order valence-corrected chi connectivity index (χ2v) is 4.47. The maximum Gasteiger partial charge on any atom is 0.347 e. The number of anilines is 1. The average Bonchev–Trinajstić information content (AvgIpc) is 2.38. The molecule has 0 fully saturated rings. The van der Waals surface area contributed by atoms with Gasteiger partial charge in [-0.15, -0.1) is 0 Å². The molecule has 0 aromatic heterocycles. The maximum absolute atomic E-state index is 12.2. The number of nitrogen functional groups attached to an aromatic ring is 1. The minimum absolute atomic E-state index is 0.253. The molecule has 5 nitrogen and oxygen atoms in total. The Morgan fingerprint density at radius 3 is 2.55 bits per heavy atom. The molecule has 0 saturated carbocycles. The summed E-state index contributed by atoms with van der Waals surface area (Å²) in [4.78, 5) is 23.9. The molecule has 2 N–H and O–H groups in total. The summed E-state index contributed by atoms with van der Waals surface area (Å²) in [6.45, 7) is 5.64. The first-order valence-electron chi connectivity index (χ1n) is 6.73. The van der Waals surface area contributed by atoms with Crippen molar-refractivity contribution in [3.05, 3.63) is 29.3 Å². The van der Waals surface area contributed by atoms with Gasteiger partial charge < -0.3 is 15.2 Å². The lowest BCUT2D eigenvalue weighted by atomic mass is 10.1. The Kier molecular flexibility index (Phi) is 6.03. The molecule has 1 rings (SSSR count). The van der Waals surface area contributed by atoms with Crippen molar-refractivity contribution in [1.82, 2.24) is 0 Å². The predicted molar refractivity (Wildman–Crippen MR) is 76.3 cm³/mol. The Balaban J connectivity index is 2.88. The summed E-state index contributed by atoms with van der Waals surface area (Å²) >= 11 is 0. The number of ether oxygens (including phenoxy) is 2. The van der Waals surface area contributed by atoms with Crippen molar-refractivity contribution >= 4 is 17.6 Å². The van der Waals surface area contributed by atoms with Gasteiger partial charge in [0.25, 0.3) is 0 Å². The van der Waals surface area contributed by atoms with E-state index >= 15 is 0 Å². The molecule has 110 valence electrons. The third-order valence-corrected chi connectivity index (χ3v) is 2.86. The lowest BCUT2D eigenvalue weighted by molar-refractivity contribution is -0.153. The van der Waals surface area contributed by atoms with Gasteiger partial charge in [0.1, 0.15) is 0 Å². The van der Waals surface area contributed by atoms with Gasteiger partial charge in [-0.05, 0) is 31.9 Å². The van der Waals surface area contributed by atoms with Crippen LogP contribution in [-0.4, -0.2) is 24.6 Å². The van der Waals surface area contributed by atoms with E-state index in [2.05, 4.69) is 0 Å². The fourth-order valence-corrected chi connectivity index (χ4v) is 1.88. The van der Waals surface area contributed by atoms with Crippen molar-refractivity contribution in [2.45, 2.75) is 39.7 Å². The van der Waals surface area contributed by atoms with Gasteiger partial charge in [0.05, 0.1) is 12.2 Å². The van der Waals surface area contributed by atoms with Gasteiger partial charge >= 0.3 is 11.9 Å². The molecule has 1 aromatic carbocycles. The highest BCUT2D eigenvalue weighted by atomic mass is 16.6. The molecular formula is C15H21NO4. The molecule has 1 atom stereocenters. The number of hydrogen-bond acceptors (Lipinski definition) is 5. The smallest absolute Gasteiger partial charge is 0.347 e. The number of rotatable bonds is 6. The number of benzene rings is 1. The van der Waals surface area contributed by atoms with Gasteiger partial charge in [0, 0.05) is 5.69 Å². The molecule has 20 heavy (non-hydrogen) atoms. The van der Waals surface area contributed by atoms with E-state index in [-0.39, 0.29) is 6.61 Å². The molecule has 0 radical (unpaired) electrons. The van der Waals surface area contributed by atoms with Crippen LogP contribution in [0.25, 0.3) is 0 Å². The van der Waals surface area contributed by atoms with Gasteiger partial charge in [-0.3, -0.25) is 0 Å². The Hall–Kier alpha value is -2.04. The molecule has 1 unspecified atom stereocenters.